The summed E-state index contributed by atoms with van der Waals surface area (Å²) < 4.78 is 5.63. The van der Waals surface area contributed by atoms with Crippen LogP contribution in [0.3, 0.4) is 0 Å². The Morgan fingerprint density at radius 2 is 1.82 bits per heavy atom. The van der Waals surface area contributed by atoms with Crippen molar-refractivity contribution in [2.45, 2.75) is 31.7 Å². The third-order valence-corrected chi connectivity index (χ3v) is 3.78. The van der Waals surface area contributed by atoms with Gasteiger partial charge in [0, 0.05) is 19.2 Å². The number of rotatable bonds is 6. The fourth-order valence-electron chi connectivity index (χ4n) is 2.57. The van der Waals surface area contributed by atoms with Gasteiger partial charge in [-0.05, 0) is 42.7 Å². The Morgan fingerprint density at radius 1 is 1.12 bits per heavy atom. The maximum absolute atomic E-state index is 5.63. The first-order chi connectivity index (χ1) is 8.42. The maximum atomic E-state index is 5.63. The van der Waals surface area contributed by atoms with Crippen molar-refractivity contribution in [1.82, 2.24) is 5.32 Å². The number of benzene rings is 1. The van der Waals surface area contributed by atoms with Crippen molar-refractivity contribution in [3.63, 3.8) is 0 Å². The lowest BCUT2D eigenvalue weighted by Crippen LogP contribution is -2.32. The van der Waals surface area contributed by atoms with Crippen LogP contribution < -0.4 is 5.32 Å². The zero-order valence-electron chi connectivity index (χ0n) is 10.3. The Labute approximate surface area is 103 Å². The molecule has 0 heterocycles. The number of fused-ring (bicyclic) bond motifs is 1. The Morgan fingerprint density at radius 3 is 2.47 bits per heavy atom. The van der Waals surface area contributed by atoms with Crippen LogP contribution in [0.25, 0.3) is 0 Å². The largest absolute Gasteiger partial charge is 0.380 e. The average Bonchev–Trinajstić information content (AvgIpc) is 3.07. The lowest BCUT2D eigenvalue weighted by atomic mass is 10.1. The van der Waals surface area contributed by atoms with Crippen LogP contribution in [0.15, 0.2) is 24.3 Å². The van der Waals surface area contributed by atoms with E-state index in [1.807, 2.05) is 0 Å². The molecule has 92 valence electrons. The third-order valence-electron chi connectivity index (χ3n) is 3.78. The Balaban J connectivity index is 1.34. The van der Waals surface area contributed by atoms with Crippen LogP contribution >= 0.6 is 0 Å². The summed E-state index contributed by atoms with van der Waals surface area (Å²) in [5, 5.41) is 3.60. The number of hydrogen-bond donors (Lipinski definition) is 1. The fraction of sp³-hybridized carbons (Fsp3) is 0.600. The smallest absolute Gasteiger partial charge is 0.0591 e. The molecule has 2 heteroatoms. The van der Waals surface area contributed by atoms with Gasteiger partial charge in [-0.1, -0.05) is 24.3 Å². The number of ether oxygens (including phenoxy) is 1. The van der Waals surface area contributed by atoms with Gasteiger partial charge in [0.2, 0.25) is 0 Å². The molecule has 3 rings (SSSR count). The highest BCUT2D eigenvalue weighted by Crippen LogP contribution is 2.28. The second kappa shape index (κ2) is 5.19. The molecule has 0 aliphatic heterocycles. The van der Waals surface area contributed by atoms with E-state index in [2.05, 4.69) is 29.6 Å². The summed E-state index contributed by atoms with van der Waals surface area (Å²) in [6, 6.07) is 9.40. The molecule has 17 heavy (non-hydrogen) atoms. The van der Waals surface area contributed by atoms with Crippen molar-refractivity contribution < 1.29 is 4.74 Å². The molecule has 2 aliphatic carbocycles. The van der Waals surface area contributed by atoms with E-state index < -0.39 is 0 Å². The monoisotopic (exact) mass is 231 g/mol. The molecule has 0 unspecified atom stereocenters. The minimum absolute atomic E-state index is 0.622. The maximum Gasteiger partial charge on any atom is 0.0591 e. The van der Waals surface area contributed by atoms with Gasteiger partial charge in [-0.15, -0.1) is 0 Å². The first-order valence-electron chi connectivity index (χ1n) is 6.80. The molecule has 0 saturated heterocycles. The molecule has 2 nitrogen and oxygen atoms in total. The molecule has 1 aromatic carbocycles. The normalized spacial score (nSPS) is 19.5. The summed E-state index contributed by atoms with van der Waals surface area (Å²) in [4.78, 5) is 0. The first kappa shape index (κ1) is 11.2. The molecule has 0 atom stereocenters. The zero-order chi connectivity index (χ0) is 11.5. The average molecular weight is 231 g/mol. The van der Waals surface area contributed by atoms with Gasteiger partial charge in [0.1, 0.15) is 0 Å². The van der Waals surface area contributed by atoms with Crippen molar-refractivity contribution in [2.75, 3.05) is 19.8 Å². The predicted octanol–water partition coefficient (Wildman–Crippen LogP) is 2.17. The molecule has 0 radical (unpaired) electrons. The van der Waals surface area contributed by atoms with Gasteiger partial charge in [-0.25, -0.2) is 0 Å². The molecule has 0 aromatic heterocycles. The van der Waals surface area contributed by atoms with Crippen LogP contribution in [0.1, 0.15) is 24.0 Å². The predicted molar refractivity (Wildman–Crippen MR) is 69.2 cm³/mol. The van der Waals surface area contributed by atoms with E-state index in [0.29, 0.717) is 6.04 Å². The minimum Gasteiger partial charge on any atom is -0.380 e. The number of nitrogens with one attached hydrogen (secondary N) is 1. The molecule has 0 spiro atoms. The van der Waals surface area contributed by atoms with Gasteiger partial charge in [0.05, 0.1) is 6.61 Å². The summed E-state index contributed by atoms with van der Waals surface area (Å²) in [6.45, 7) is 2.83. The van der Waals surface area contributed by atoms with Gasteiger partial charge < -0.3 is 10.1 Å². The van der Waals surface area contributed by atoms with Crippen molar-refractivity contribution in [2.24, 2.45) is 5.92 Å². The van der Waals surface area contributed by atoms with Crippen LogP contribution in [0.2, 0.25) is 0 Å². The summed E-state index contributed by atoms with van der Waals surface area (Å²) in [5.41, 5.74) is 3.03. The molecule has 0 amide bonds. The highest BCUT2D eigenvalue weighted by Gasteiger charge is 2.22. The lowest BCUT2D eigenvalue weighted by Gasteiger charge is -2.11. The van der Waals surface area contributed by atoms with Crippen molar-refractivity contribution in [3.05, 3.63) is 35.4 Å². The molecule has 1 N–H and O–H groups in total. The molecule has 1 aromatic rings. The van der Waals surface area contributed by atoms with E-state index >= 15 is 0 Å². The van der Waals surface area contributed by atoms with E-state index in [-0.39, 0.29) is 0 Å². The molecule has 2 aliphatic rings. The van der Waals surface area contributed by atoms with Gasteiger partial charge in [-0.3, -0.25) is 0 Å². The summed E-state index contributed by atoms with van der Waals surface area (Å²) in [6.07, 6.45) is 5.12. The SMILES string of the molecule is c1ccc2c(c1)CC(NCCOCC1CC1)C2. The van der Waals surface area contributed by atoms with Crippen molar-refractivity contribution >= 4 is 0 Å². The van der Waals surface area contributed by atoms with E-state index in [1.54, 1.807) is 0 Å². The van der Waals surface area contributed by atoms with Gasteiger partial charge in [0.15, 0.2) is 0 Å². The Kier molecular flexibility index (Phi) is 3.44. The molecular formula is C15H21NO. The standard InChI is InChI=1S/C15H21NO/c1-2-4-14-10-15(9-13(14)3-1)16-7-8-17-11-12-5-6-12/h1-4,12,15-16H,5-11H2. The third kappa shape index (κ3) is 3.08. The topological polar surface area (TPSA) is 21.3 Å². The van der Waals surface area contributed by atoms with Crippen molar-refractivity contribution in [3.8, 4) is 0 Å². The van der Waals surface area contributed by atoms with Gasteiger partial charge >= 0.3 is 0 Å². The summed E-state index contributed by atoms with van der Waals surface area (Å²) >= 11 is 0. The summed E-state index contributed by atoms with van der Waals surface area (Å²) in [7, 11) is 0. The highest BCUT2D eigenvalue weighted by molar-refractivity contribution is 5.33. The van der Waals surface area contributed by atoms with E-state index in [4.69, 9.17) is 4.74 Å². The quantitative estimate of drug-likeness (QED) is 0.758. The van der Waals surface area contributed by atoms with E-state index in [1.165, 1.54) is 36.8 Å². The van der Waals surface area contributed by atoms with Crippen LogP contribution in [0.4, 0.5) is 0 Å². The van der Waals surface area contributed by atoms with Crippen LogP contribution in [0.5, 0.6) is 0 Å². The molecule has 1 fully saturated rings. The Bertz CT molecular complexity index is 348. The zero-order valence-corrected chi connectivity index (χ0v) is 10.3. The lowest BCUT2D eigenvalue weighted by molar-refractivity contribution is 0.124. The van der Waals surface area contributed by atoms with E-state index in [0.717, 1.165) is 25.7 Å². The Hall–Kier alpha value is -0.860. The number of hydrogen-bond acceptors (Lipinski definition) is 2. The second-order valence-corrected chi connectivity index (χ2v) is 5.35. The minimum atomic E-state index is 0.622. The van der Waals surface area contributed by atoms with Gasteiger partial charge in [-0.2, -0.15) is 0 Å². The van der Waals surface area contributed by atoms with Crippen molar-refractivity contribution in [1.29, 1.82) is 0 Å². The van der Waals surface area contributed by atoms with Gasteiger partial charge in [0.25, 0.3) is 0 Å². The van der Waals surface area contributed by atoms with Crippen LogP contribution in [0, 0.1) is 5.92 Å². The molecule has 0 bridgehead atoms. The van der Waals surface area contributed by atoms with E-state index in [9.17, 15) is 0 Å². The molecule has 1 saturated carbocycles. The van der Waals surface area contributed by atoms with Crippen LogP contribution in [-0.4, -0.2) is 25.8 Å². The molecular weight excluding hydrogens is 210 g/mol. The first-order valence-corrected chi connectivity index (χ1v) is 6.80. The summed E-state index contributed by atoms with van der Waals surface area (Å²) in [5.74, 6) is 0.880. The second-order valence-electron chi connectivity index (χ2n) is 5.35. The fourth-order valence-corrected chi connectivity index (χ4v) is 2.57. The highest BCUT2D eigenvalue weighted by atomic mass is 16.5. The van der Waals surface area contributed by atoms with Crippen LogP contribution in [-0.2, 0) is 17.6 Å².